The first-order valence-corrected chi connectivity index (χ1v) is 8.60. The molecule has 6 atom stereocenters. The lowest BCUT2D eigenvalue weighted by molar-refractivity contribution is -0.0309. The van der Waals surface area contributed by atoms with Crippen LogP contribution >= 0.6 is 0 Å². The van der Waals surface area contributed by atoms with E-state index >= 15 is 0 Å². The highest BCUT2D eigenvalue weighted by atomic mass is 16.3. The van der Waals surface area contributed by atoms with Crippen molar-refractivity contribution in [1.29, 1.82) is 0 Å². The Morgan fingerprint density at radius 1 is 1.10 bits per heavy atom. The van der Waals surface area contributed by atoms with Crippen molar-refractivity contribution in [2.24, 2.45) is 28.6 Å². The van der Waals surface area contributed by atoms with Gasteiger partial charge in [0.05, 0.1) is 6.10 Å². The molecule has 1 nitrogen and oxygen atoms in total. The van der Waals surface area contributed by atoms with Gasteiger partial charge < -0.3 is 5.11 Å². The van der Waals surface area contributed by atoms with Crippen LogP contribution in [-0.4, -0.2) is 11.2 Å². The van der Waals surface area contributed by atoms with E-state index in [0.29, 0.717) is 10.8 Å². The monoisotopic (exact) mass is 272 g/mol. The number of hydrogen-bond acceptors (Lipinski definition) is 1. The SMILES string of the molecule is CC12C=CCC1C1CCC3=CC(O)CC[C@]3(C)C1CC2. The van der Waals surface area contributed by atoms with E-state index in [1.165, 1.54) is 38.5 Å². The highest BCUT2D eigenvalue weighted by molar-refractivity contribution is 5.26. The van der Waals surface area contributed by atoms with Crippen LogP contribution in [0.1, 0.15) is 58.8 Å². The molecule has 4 rings (SSSR count). The van der Waals surface area contributed by atoms with Gasteiger partial charge in [-0.3, -0.25) is 0 Å². The minimum Gasteiger partial charge on any atom is -0.389 e. The average Bonchev–Trinajstić information content (AvgIpc) is 2.81. The first-order chi connectivity index (χ1) is 9.53. The molecule has 0 saturated heterocycles. The largest absolute Gasteiger partial charge is 0.389 e. The average molecular weight is 272 g/mol. The molecule has 0 aromatic heterocycles. The smallest absolute Gasteiger partial charge is 0.0724 e. The lowest BCUT2D eigenvalue weighted by Gasteiger charge is -2.57. The van der Waals surface area contributed by atoms with Gasteiger partial charge in [-0.25, -0.2) is 0 Å². The third-order valence-corrected chi connectivity index (χ3v) is 7.42. The topological polar surface area (TPSA) is 20.2 Å². The number of aliphatic hydroxyl groups is 1. The lowest BCUT2D eigenvalue weighted by Crippen LogP contribution is -2.49. The molecule has 0 spiro atoms. The predicted molar refractivity (Wildman–Crippen MR) is 82.2 cm³/mol. The molecule has 110 valence electrons. The van der Waals surface area contributed by atoms with E-state index in [2.05, 4.69) is 32.1 Å². The summed E-state index contributed by atoms with van der Waals surface area (Å²) in [6.07, 6.45) is 15.9. The summed E-state index contributed by atoms with van der Waals surface area (Å²) in [6, 6.07) is 0. The molecular formula is C19H28O. The van der Waals surface area contributed by atoms with Gasteiger partial charge in [0.15, 0.2) is 0 Å². The van der Waals surface area contributed by atoms with Crippen molar-refractivity contribution in [3.63, 3.8) is 0 Å². The predicted octanol–water partition coefficient (Wildman–Crippen LogP) is 4.48. The molecule has 0 aromatic rings. The molecule has 1 heteroatoms. The Morgan fingerprint density at radius 2 is 1.95 bits per heavy atom. The van der Waals surface area contributed by atoms with E-state index in [1.807, 2.05) is 0 Å². The van der Waals surface area contributed by atoms with E-state index in [-0.39, 0.29) is 6.10 Å². The van der Waals surface area contributed by atoms with Crippen molar-refractivity contribution in [2.45, 2.75) is 64.9 Å². The normalized spacial score (nSPS) is 53.9. The van der Waals surface area contributed by atoms with Crippen molar-refractivity contribution < 1.29 is 5.11 Å². The molecule has 0 bridgehead atoms. The zero-order valence-electron chi connectivity index (χ0n) is 12.9. The summed E-state index contributed by atoms with van der Waals surface area (Å²) in [5.74, 6) is 2.68. The Labute approximate surface area is 123 Å². The Kier molecular flexibility index (Phi) is 2.77. The van der Waals surface area contributed by atoms with E-state index in [9.17, 15) is 5.11 Å². The fourth-order valence-corrected chi connectivity index (χ4v) is 6.19. The van der Waals surface area contributed by atoms with Crippen LogP contribution < -0.4 is 0 Å². The fraction of sp³-hybridized carbons (Fsp3) is 0.789. The van der Waals surface area contributed by atoms with Crippen molar-refractivity contribution in [3.8, 4) is 0 Å². The number of hydrogen-bond donors (Lipinski definition) is 1. The minimum atomic E-state index is -0.170. The van der Waals surface area contributed by atoms with E-state index < -0.39 is 0 Å². The molecule has 1 N–H and O–H groups in total. The molecule has 5 unspecified atom stereocenters. The van der Waals surface area contributed by atoms with Crippen molar-refractivity contribution >= 4 is 0 Å². The maximum atomic E-state index is 9.96. The van der Waals surface area contributed by atoms with Crippen LogP contribution in [0.2, 0.25) is 0 Å². The van der Waals surface area contributed by atoms with Gasteiger partial charge in [0.1, 0.15) is 0 Å². The summed E-state index contributed by atoms with van der Waals surface area (Å²) < 4.78 is 0. The molecule has 0 aromatic carbocycles. The molecule has 2 saturated carbocycles. The van der Waals surface area contributed by atoms with Crippen LogP contribution in [0.25, 0.3) is 0 Å². The van der Waals surface area contributed by atoms with Gasteiger partial charge >= 0.3 is 0 Å². The van der Waals surface area contributed by atoms with E-state index in [0.717, 1.165) is 24.2 Å². The van der Waals surface area contributed by atoms with Crippen LogP contribution in [0, 0.1) is 28.6 Å². The molecule has 0 radical (unpaired) electrons. The summed E-state index contributed by atoms with van der Waals surface area (Å²) in [7, 11) is 0. The summed E-state index contributed by atoms with van der Waals surface area (Å²) in [5, 5.41) is 9.96. The van der Waals surface area contributed by atoms with Gasteiger partial charge in [0.2, 0.25) is 0 Å². The van der Waals surface area contributed by atoms with Gasteiger partial charge in [-0.05, 0) is 73.5 Å². The van der Waals surface area contributed by atoms with Gasteiger partial charge in [0, 0.05) is 0 Å². The van der Waals surface area contributed by atoms with Gasteiger partial charge in [-0.15, -0.1) is 0 Å². The maximum absolute atomic E-state index is 9.96. The summed E-state index contributed by atoms with van der Waals surface area (Å²) in [4.78, 5) is 0. The number of fused-ring (bicyclic) bond motifs is 5. The van der Waals surface area contributed by atoms with Crippen LogP contribution in [0.15, 0.2) is 23.8 Å². The zero-order valence-corrected chi connectivity index (χ0v) is 12.9. The van der Waals surface area contributed by atoms with Gasteiger partial charge in [-0.2, -0.15) is 0 Å². The summed E-state index contributed by atoms with van der Waals surface area (Å²) >= 11 is 0. The summed E-state index contributed by atoms with van der Waals surface area (Å²) in [6.45, 7) is 5.00. The van der Waals surface area contributed by atoms with Crippen LogP contribution in [0.5, 0.6) is 0 Å². The third kappa shape index (κ3) is 1.65. The second-order valence-corrected chi connectivity index (χ2v) is 8.31. The lowest BCUT2D eigenvalue weighted by atomic mass is 9.47. The van der Waals surface area contributed by atoms with Gasteiger partial charge in [-0.1, -0.05) is 37.6 Å². The van der Waals surface area contributed by atoms with E-state index in [1.54, 1.807) is 5.57 Å². The number of rotatable bonds is 0. The minimum absolute atomic E-state index is 0.170. The zero-order chi connectivity index (χ0) is 14.0. The highest BCUT2D eigenvalue weighted by Crippen LogP contribution is 2.63. The number of aliphatic hydroxyl groups excluding tert-OH is 1. The second kappa shape index (κ2) is 4.22. The Morgan fingerprint density at radius 3 is 2.80 bits per heavy atom. The summed E-state index contributed by atoms with van der Waals surface area (Å²) in [5.41, 5.74) is 2.48. The van der Waals surface area contributed by atoms with Crippen molar-refractivity contribution in [1.82, 2.24) is 0 Å². The standard InChI is InChI=1S/C19H28O/c1-18-9-3-4-16(18)15-6-5-13-12-14(20)7-11-19(13,2)17(15)8-10-18/h3,9,12,14-17,20H,4-8,10-11H2,1-2H3/t14?,15?,16?,17?,18?,19-/m0/s1. The second-order valence-electron chi connectivity index (χ2n) is 8.31. The van der Waals surface area contributed by atoms with Crippen LogP contribution in [-0.2, 0) is 0 Å². The molecule has 20 heavy (non-hydrogen) atoms. The highest BCUT2D eigenvalue weighted by Gasteiger charge is 2.54. The molecule has 0 heterocycles. The molecule has 4 aliphatic carbocycles. The third-order valence-electron chi connectivity index (χ3n) is 7.42. The molecule has 0 amide bonds. The molecular weight excluding hydrogens is 244 g/mol. The molecule has 2 fully saturated rings. The van der Waals surface area contributed by atoms with Crippen LogP contribution in [0.4, 0.5) is 0 Å². The van der Waals surface area contributed by atoms with Crippen molar-refractivity contribution in [2.75, 3.05) is 0 Å². The maximum Gasteiger partial charge on any atom is 0.0724 e. The first kappa shape index (κ1) is 13.1. The molecule has 0 aliphatic heterocycles. The molecule has 4 aliphatic rings. The van der Waals surface area contributed by atoms with Crippen LogP contribution in [0.3, 0.4) is 0 Å². The van der Waals surface area contributed by atoms with Crippen molar-refractivity contribution in [3.05, 3.63) is 23.8 Å². The fourth-order valence-electron chi connectivity index (χ4n) is 6.19. The Bertz CT molecular complexity index is 476. The first-order valence-electron chi connectivity index (χ1n) is 8.60. The Balaban J connectivity index is 1.68. The van der Waals surface area contributed by atoms with E-state index in [4.69, 9.17) is 0 Å². The quantitative estimate of drug-likeness (QED) is 0.645. The number of allylic oxidation sites excluding steroid dienone is 3. The Hall–Kier alpha value is -0.560. The van der Waals surface area contributed by atoms with Gasteiger partial charge in [0.25, 0.3) is 0 Å².